The molecular weight excluding hydrogens is 356 g/mol. The van der Waals surface area contributed by atoms with E-state index in [9.17, 15) is 9.90 Å². The van der Waals surface area contributed by atoms with E-state index in [4.69, 9.17) is 9.84 Å². The number of benzene rings is 1. The van der Waals surface area contributed by atoms with Gasteiger partial charge in [-0.2, -0.15) is 0 Å². The number of hydrogen-bond acceptors (Lipinski definition) is 5. The largest absolute Gasteiger partial charge is 0.508 e. The van der Waals surface area contributed by atoms with Gasteiger partial charge in [-0.05, 0) is 67.0 Å². The van der Waals surface area contributed by atoms with Gasteiger partial charge in [-0.25, -0.2) is 4.79 Å². The second-order valence-corrected chi connectivity index (χ2v) is 7.75. The Morgan fingerprint density at radius 2 is 2.11 bits per heavy atom. The molecule has 1 aromatic heterocycles. The highest BCUT2D eigenvalue weighted by Crippen LogP contribution is 2.53. The van der Waals surface area contributed by atoms with Gasteiger partial charge in [-0.1, -0.05) is 19.4 Å². The van der Waals surface area contributed by atoms with Crippen LogP contribution in [-0.4, -0.2) is 34.8 Å². The summed E-state index contributed by atoms with van der Waals surface area (Å²) in [6.07, 6.45) is 7.33. The third-order valence-electron chi connectivity index (χ3n) is 6.24. The third kappa shape index (κ3) is 3.69. The molecule has 3 atom stereocenters. The maximum Gasteiger partial charge on any atom is 0.337 e. The highest BCUT2D eigenvalue weighted by molar-refractivity contribution is 5.87. The first-order chi connectivity index (χ1) is 13.5. The van der Waals surface area contributed by atoms with E-state index in [0.29, 0.717) is 29.9 Å². The van der Waals surface area contributed by atoms with Crippen LogP contribution in [-0.2, 0) is 11.8 Å². The minimum atomic E-state index is -1.01. The zero-order valence-electron chi connectivity index (χ0n) is 16.4. The van der Waals surface area contributed by atoms with Gasteiger partial charge < -0.3 is 20.7 Å². The Labute approximate surface area is 165 Å². The van der Waals surface area contributed by atoms with E-state index in [-0.39, 0.29) is 11.0 Å². The summed E-state index contributed by atoms with van der Waals surface area (Å²) in [5.74, 6) is 0.676. The van der Waals surface area contributed by atoms with Crippen molar-refractivity contribution in [1.29, 1.82) is 0 Å². The van der Waals surface area contributed by atoms with Gasteiger partial charge >= 0.3 is 5.97 Å². The smallest absolute Gasteiger partial charge is 0.337 e. The molecule has 1 heterocycles. The number of nitrogens with two attached hydrogens (primary N) is 1. The van der Waals surface area contributed by atoms with Crippen LogP contribution in [0.3, 0.4) is 0 Å². The molecule has 0 saturated heterocycles. The minimum Gasteiger partial charge on any atom is -0.508 e. The number of aromatic carboxylic acids is 1. The molecule has 2 aromatic rings. The molecule has 2 aliphatic carbocycles. The molecule has 0 amide bonds. The molecule has 1 aromatic carbocycles. The van der Waals surface area contributed by atoms with Gasteiger partial charge in [0.05, 0.1) is 18.4 Å². The Hall–Kier alpha value is -2.60. The number of rotatable bonds is 4. The molecule has 2 bridgehead atoms. The van der Waals surface area contributed by atoms with Crippen LogP contribution in [0.25, 0.3) is 0 Å². The van der Waals surface area contributed by atoms with Crippen LogP contribution < -0.4 is 10.5 Å². The van der Waals surface area contributed by atoms with Crippen LogP contribution in [0, 0.1) is 11.8 Å². The van der Waals surface area contributed by atoms with E-state index in [0.717, 1.165) is 12.8 Å². The maximum absolute atomic E-state index is 11.1. The molecule has 1 fully saturated rings. The minimum absolute atomic E-state index is 0.0346. The lowest BCUT2D eigenvalue weighted by atomic mass is 9.54. The number of fused-ring (bicyclic) bond motifs is 4. The molecule has 4 N–H and O–H groups in total. The lowest BCUT2D eigenvalue weighted by Gasteiger charge is -2.51. The number of carboxylic acids is 1. The molecule has 2 unspecified atom stereocenters. The number of nitrogens with zero attached hydrogens (tertiary/aromatic N) is 1. The fourth-order valence-electron chi connectivity index (χ4n) is 4.89. The molecule has 150 valence electrons. The molecule has 4 rings (SSSR count). The first kappa shape index (κ1) is 20.1. The highest BCUT2D eigenvalue weighted by Gasteiger charge is 2.48. The van der Waals surface area contributed by atoms with Crippen LogP contribution in [0.1, 0.15) is 47.7 Å². The number of carboxylic acid groups (broad SMARTS) is 1. The SMILES string of the molecule is CN.C[C@@]12CCCC(Cc3ccc(O)cc31)C2COc1cncc(C(=O)O)c1. The average molecular weight is 384 g/mol. The Morgan fingerprint density at radius 3 is 2.86 bits per heavy atom. The summed E-state index contributed by atoms with van der Waals surface area (Å²) in [5, 5.41) is 19.1. The summed E-state index contributed by atoms with van der Waals surface area (Å²) in [7, 11) is 1.50. The summed E-state index contributed by atoms with van der Waals surface area (Å²) in [5.41, 5.74) is 7.17. The van der Waals surface area contributed by atoms with E-state index >= 15 is 0 Å². The number of phenolic OH excluding ortho intramolecular Hbond substituents is 1. The second-order valence-electron chi connectivity index (χ2n) is 7.75. The second kappa shape index (κ2) is 8.19. The first-order valence-corrected chi connectivity index (χ1v) is 9.68. The monoisotopic (exact) mass is 384 g/mol. The Balaban J connectivity index is 0.00000109. The number of hydrogen-bond donors (Lipinski definition) is 3. The average Bonchev–Trinajstić information content (AvgIpc) is 2.69. The van der Waals surface area contributed by atoms with Crippen molar-refractivity contribution in [3.8, 4) is 11.5 Å². The third-order valence-corrected chi connectivity index (χ3v) is 6.24. The number of aromatic nitrogens is 1. The maximum atomic E-state index is 11.1. The molecule has 0 spiro atoms. The quantitative estimate of drug-likeness (QED) is 0.746. The van der Waals surface area contributed by atoms with Crippen LogP contribution >= 0.6 is 0 Å². The van der Waals surface area contributed by atoms with Crippen molar-refractivity contribution in [2.24, 2.45) is 17.6 Å². The molecule has 0 radical (unpaired) electrons. The van der Waals surface area contributed by atoms with Crippen molar-refractivity contribution in [3.05, 3.63) is 53.3 Å². The fourth-order valence-corrected chi connectivity index (χ4v) is 4.89. The van der Waals surface area contributed by atoms with Crippen molar-refractivity contribution in [1.82, 2.24) is 4.98 Å². The van der Waals surface area contributed by atoms with Crippen molar-refractivity contribution in [2.45, 2.75) is 38.0 Å². The molecule has 28 heavy (non-hydrogen) atoms. The van der Waals surface area contributed by atoms with E-state index in [1.807, 2.05) is 6.07 Å². The van der Waals surface area contributed by atoms with E-state index < -0.39 is 5.97 Å². The Kier molecular flexibility index (Phi) is 5.89. The molecule has 0 aliphatic heterocycles. The van der Waals surface area contributed by atoms with Gasteiger partial charge in [0.25, 0.3) is 0 Å². The molecule has 1 saturated carbocycles. The van der Waals surface area contributed by atoms with Crippen molar-refractivity contribution < 1.29 is 19.7 Å². The Morgan fingerprint density at radius 1 is 1.32 bits per heavy atom. The molecule has 6 heteroatoms. The lowest BCUT2D eigenvalue weighted by molar-refractivity contribution is 0.0600. The summed E-state index contributed by atoms with van der Waals surface area (Å²) < 4.78 is 5.99. The predicted molar refractivity (Wildman–Crippen MR) is 107 cm³/mol. The topological polar surface area (TPSA) is 106 Å². The van der Waals surface area contributed by atoms with Gasteiger partial charge in [-0.15, -0.1) is 0 Å². The van der Waals surface area contributed by atoms with E-state index in [1.54, 1.807) is 12.3 Å². The number of pyridine rings is 1. The summed E-state index contributed by atoms with van der Waals surface area (Å²) in [6.45, 7) is 2.80. The Bertz CT molecular complexity index is 854. The fraction of sp³-hybridized carbons (Fsp3) is 0.455. The molecule has 2 aliphatic rings. The highest BCUT2D eigenvalue weighted by atomic mass is 16.5. The number of carbonyl (C=O) groups is 1. The van der Waals surface area contributed by atoms with Crippen molar-refractivity contribution in [3.63, 3.8) is 0 Å². The standard InChI is InChI=1S/C21H23NO4.CH5N/c1-21-6-2-3-13(7-14-4-5-16(23)9-18(14)21)19(21)12-26-17-8-15(20(24)25)10-22-11-17;1-2/h4-5,8-11,13,19,23H,2-3,6-7,12H2,1H3,(H,24,25);2H2,1H3/t13?,19?,21-;/m1./s1. The zero-order valence-corrected chi connectivity index (χ0v) is 16.4. The van der Waals surface area contributed by atoms with Gasteiger partial charge in [0.15, 0.2) is 0 Å². The zero-order chi connectivity index (χ0) is 20.3. The van der Waals surface area contributed by atoms with Gasteiger partial charge in [-0.3, -0.25) is 4.98 Å². The molecular formula is C22H28N2O4. The van der Waals surface area contributed by atoms with E-state index in [2.05, 4.69) is 23.7 Å². The number of aromatic hydroxyl groups is 1. The van der Waals surface area contributed by atoms with Gasteiger partial charge in [0.1, 0.15) is 11.5 Å². The van der Waals surface area contributed by atoms with Crippen LogP contribution in [0.5, 0.6) is 11.5 Å². The van der Waals surface area contributed by atoms with Crippen LogP contribution in [0.4, 0.5) is 0 Å². The normalized spacial score (nSPS) is 25.1. The molecule has 6 nitrogen and oxygen atoms in total. The van der Waals surface area contributed by atoms with E-state index in [1.165, 1.54) is 43.3 Å². The van der Waals surface area contributed by atoms with Crippen molar-refractivity contribution >= 4 is 5.97 Å². The predicted octanol–water partition coefficient (Wildman–Crippen LogP) is 3.37. The number of ether oxygens (including phenoxy) is 1. The summed E-state index contributed by atoms with van der Waals surface area (Å²) in [6, 6.07) is 7.27. The van der Waals surface area contributed by atoms with Gasteiger partial charge in [0.2, 0.25) is 0 Å². The number of phenols is 1. The van der Waals surface area contributed by atoms with Crippen molar-refractivity contribution in [2.75, 3.05) is 13.7 Å². The van der Waals surface area contributed by atoms with Gasteiger partial charge in [0, 0.05) is 12.1 Å². The van der Waals surface area contributed by atoms with Crippen LogP contribution in [0.15, 0.2) is 36.7 Å². The summed E-state index contributed by atoms with van der Waals surface area (Å²) >= 11 is 0. The summed E-state index contributed by atoms with van der Waals surface area (Å²) in [4.78, 5) is 15.1. The first-order valence-electron chi connectivity index (χ1n) is 9.68. The van der Waals surface area contributed by atoms with Crippen LogP contribution in [0.2, 0.25) is 0 Å². The lowest BCUT2D eigenvalue weighted by Crippen LogP contribution is -2.48.